The lowest BCUT2D eigenvalue weighted by Gasteiger charge is -2.10. The highest BCUT2D eigenvalue weighted by Gasteiger charge is 1.94. The molecule has 2 N–H and O–H groups in total. The van der Waals surface area contributed by atoms with E-state index >= 15 is 0 Å². The number of nitrogens with one attached hydrogen (secondary N) is 2. The van der Waals surface area contributed by atoms with Crippen LogP contribution in [0.1, 0.15) is 20.3 Å². The summed E-state index contributed by atoms with van der Waals surface area (Å²) in [4.78, 5) is 0. The van der Waals surface area contributed by atoms with E-state index in [1.54, 1.807) is 0 Å². The molecule has 0 fully saturated rings. The smallest absolute Gasteiger partial charge is 0.0574 e. The van der Waals surface area contributed by atoms with Crippen LogP contribution in [0.3, 0.4) is 0 Å². The summed E-state index contributed by atoms with van der Waals surface area (Å²) >= 11 is 0. The van der Waals surface area contributed by atoms with Crippen LogP contribution in [0.15, 0.2) is 0 Å². The van der Waals surface area contributed by atoms with Crippen LogP contribution in [-0.4, -0.2) is 25.7 Å². The van der Waals surface area contributed by atoms with Gasteiger partial charge in [-0.2, -0.15) is 0 Å². The largest absolute Gasteiger partial charge is 0.313 e. The van der Waals surface area contributed by atoms with E-state index in [9.17, 15) is 0 Å². The number of hydrogen-bond donors (Lipinski definition) is 2. The molecule has 2 nitrogen and oxygen atoms in total. The molecule has 0 aromatic rings. The summed E-state index contributed by atoms with van der Waals surface area (Å²) in [6.45, 7) is 6.97. The summed E-state index contributed by atoms with van der Waals surface area (Å²) in [6.07, 6.45) is 6.24. The molecule has 0 saturated carbocycles. The van der Waals surface area contributed by atoms with Gasteiger partial charge >= 0.3 is 0 Å². The third-order valence-corrected chi connectivity index (χ3v) is 1.63. The average Bonchev–Trinajstić information content (AvgIpc) is 2.04. The molecule has 0 saturated heterocycles. The van der Waals surface area contributed by atoms with Crippen LogP contribution in [-0.2, 0) is 0 Å². The van der Waals surface area contributed by atoms with Gasteiger partial charge in [0.2, 0.25) is 0 Å². The van der Waals surface area contributed by atoms with E-state index in [0.29, 0.717) is 12.6 Å². The molecule has 64 valence electrons. The van der Waals surface area contributed by atoms with Crippen molar-refractivity contribution in [3.8, 4) is 12.3 Å². The lowest BCUT2D eigenvalue weighted by molar-refractivity contribution is 0.524. The van der Waals surface area contributed by atoms with Crippen LogP contribution < -0.4 is 10.6 Å². The third-order valence-electron chi connectivity index (χ3n) is 1.63. The van der Waals surface area contributed by atoms with Gasteiger partial charge in [-0.25, -0.2) is 0 Å². The zero-order valence-electron chi connectivity index (χ0n) is 7.48. The summed E-state index contributed by atoms with van der Waals surface area (Å²) < 4.78 is 0. The first kappa shape index (κ1) is 10.5. The molecule has 0 heterocycles. The minimum Gasteiger partial charge on any atom is -0.313 e. The van der Waals surface area contributed by atoms with E-state index < -0.39 is 0 Å². The summed E-state index contributed by atoms with van der Waals surface area (Å²) in [5, 5.41) is 6.48. The van der Waals surface area contributed by atoms with Gasteiger partial charge in [-0.3, -0.25) is 0 Å². The van der Waals surface area contributed by atoms with Crippen molar-refractivity contribution >= 4 is 0 Å². The van der Waals surface area contributed by atoms with Crippen molar-refractivity contribution in [2.24, 2.45) is 0 Å². The second kappa shape index (κ2) is 7.59. The van der Waals surface area contributed by atoms with Crippen LogP contribution in [0.25, 0.3) is 0 Å². The molecule has 0 aromatic heterocycles. The van der Waals surface area contributed by atoms with Crippen molar-refractivity contribution in [3.05, 3.63) is 0 Å². The first-order valence-electron chi connectivity index (χ1n) is 4.18. The molecule has 11 heavy (non-hydrogen) atoms. The first-order chi connectivity index (χ1) is 5.31. The Morgan fingerprint density at radius 1 is 1.45 bits per heavy atom. The van der Waals surface area contributed by atoms with Gasteiger partial charge in [0.05, 0.1) is 6.54 Å². The molecule has 2 heteroatoms. The Hall–Kier alpha value is -0.520. The van der Waals surface area contributed by atoms with Gasteiger partial charge in [-0.05, 0) is 13.3 Å². The van der Waals surface area contributed by atoms with Crippen molar-refractivity contribution < 1.29 is 0 Å². The van der Waals surface area contributed by atoms with Crippen LogP contribution >= 0.6 is 0 Å². The van der Waals surface area contributed by atoms with Crippen molar-refractivity contribution in [1.82, 2.24) is 10.6 Å². The molecular formula is C9H18N2. The highest BCUT2D eigenvalue weighted by atomic mass is 15.0. The maximum Gasteiger partial charge on any atom is 0.0574 e. The fourth-order valence-electron chi connectivity index (χ4n) is 0.712. The molecular weight excluding hydrogens is 136 g/mol. The molecule has 0 rings (SSSR count). The third kappa shape index (κ3) is 7.38. The Balaban J connectivity index is 2.97. The Labute approximate surface area is 69.8 Å². The van der Waals surface area contributed by atoms with Crippen LogP contribution in [0.5, 0.6) is 0 Å². The maximum atomic E-state index is 5.06. The first-order valence-corrected chi connectivity index (χ1v) is 4.18. The van der Waals surface area contributed by atoms with Gasteiger partial charge < -0.3 is 10.6 Å². The van der Waals surface area contributed by atoms with Gasteiger partial charge in [0.15, 0.2) is 0 Å². The lowest BCUT2D eigenvalue weighted by atomic mass is 10.3. The van der Waals surface area contributed by atoms with Crippen molar-refractivity contribution in [3.63, 3.8) is 0 Å². The zero-order valence-corrected chi connectivity index (χ0v) is 7.48. The molecule has 0 bridgehead atoms. The van der Waals surface area contributed by atoms with E-state index in [2.05, 4.69) is 30.4 Å². The molecule has 0 aliphatic heterocycles. The molecule has 0 aliphatic carbocycles. The molecule has 0 aliphatic rings. The highest BCUT2D eigenvalue weighted by Crippen LogP contribution is 1.84. The SMILES string of the molecule is C#CCNCCNC(C)CC. The van der Waals surface area contributed by atoms with Gasteiger partial charge in [-0.1, -0.05) is 12.8 Å². The van der Waals surface area contributed by atoms with Gasteiger partial charge in [-0.15, -0.1) is 6.42 Å². The number of hydrogen-bond acceptors (Lipinski definition) is 2. The number of rotatable bonds is 6. The predicted octanol–water partition coefficient (Wildman–Crippen LogP) is 0.597. The van der Waals surface area contributed by atoms with E-state index in [1.807, 2.05) is 0 Å². The number of terminal acetylenes is 1. The predicted molar refractivity (Wildman–Crippen MR) is 49.5 cm³/mol. The summed E-state index contributed by atoms with van der Waals surface area (Å²) in [6, 6.07) is 0.614. The molecule has 1 unspecified atom stereocenters. The zero-order chi connectivity index (χ0) is 8.53. The average molecular weight is 154 g/mol. The van der Waals surface area contributed by atoms with E-state index in [-0.39, 0.29) is 0 Å². The molecule has 0 spiro atoms. The van der Waals surface area contributed by atoms with Crippen molar-refractivity contribution in [1.29, 1.82) is 0 Å². The molecule has 1 atom stereocenters. The normalized spacial score (nSPS) is 12.5. The second-order valence-corrected chi connectivity index (χ2v) is 2.64. The van der Waals surface area contributed by atoms with E-state index in [4.69, 9.17) is 6.42 Å². The Morgan fingerprint density at radius 2 is 2.18 bits per heavy atom. The quantitative estimate of drug-likeness (QED) is 0.432. The van der Waals surface area contributed by atoms with Crippen LogP contribution in [0.2, 0.25) is 0 Å². The summed E-state index contributed by atoms with van der Waals surface area (Å²) in [5.74, 6) is 2.53. The molecule has 0 aromatic carbocycles. The highest BCUT2D eigenvalue weighted by molar-refractivity contribution is 4.86. The van der Waals surface area contributed by atoms with Gasteiger partial charge in [0, 0.05) is 19.1 Å². The standard InChI is InChI=1S/C9H18N2/c1-4-6-10-7-8-11-9(3)5-2/h1,9-11H,5-8H2,2-3H3. The monoisotopic (exact) mass is 154 g/mol. The summed E-state index contributed by atoms with van der Waals surface area (Å²) in [7, 11) is 0. The van der Waals surface area contributed by atoms with Gasteiger partial charge in [0.25, 0.3) is 0 Å². The maximum absolute atomic E-state index is 5.06. The van der Waals surface area contributed by atoms with Gasteiger partial charge in [0.1, 0.15) is 0 Å². The van der Waals surface area contributed by atoms with E-state index in [0.717, 1.165) is 13.1 Å². The lowest BCUT2D eigenvalue weighted by Crippen LogP contribution is -2.32. The summed E-state index contributed by atoms with van der Waals surface area (Å²) in [5.41, 5.74) is 0. The molecule has 0 amide bonds. The van der Waals surface area contributed by atoms with Crippen molar-refractivity contribution in [2.75, 3.05) is 19.6 Å². The molecule has 0 radical (unpaired) electrons. The minimum atomic E-state index is 0.614. The van der Waals surface area contributed by atoms with Crippen LogP contribution in [0, 0.1) is 12.3 Å². The fraction of sp³-hybridized carbons (Fsp3) is 0.778. The Morgan fingerprint density at radius 3 is 2.73 bits per heavy atom. The van der Waals surface area contributed by atoms with E-state index in [1.165, 1.54) is 6.42 Å². The topological polar surface area (TPSA) is 24.1 Å². The van der Waals surface area contributed by atoms with Crippen molar-refractivity contribution in [2.45, 2.75) is 26.3 Å². The van der Waals surface area contributed by atoms with Crippen LogP contribution in [0.4, 0.5) is 0 Å². The second-order valence-electron chi connectivity index (χ2n) is 2.64. The fourth-order valence-corrected chi connectivity index (χ4v) is 0.712. The Kier molecular flexibility index (Phi) is 7.23. The Bertz CT molecular complexity index is 115. The minimum absolute atomic E-state index is 0.614.